The van der Waals surface area contributed by atoms with Crippen LogP contribution in [0.1, 0.15) is 31.2 Å². The Kier molecular flexibility index (Phi) is 4.15. The summed E-state index contributed by atoms with van der Waals surface area (Å²) in [4.78, 5) is 11.0. The highest BCUT2D eigenvalue weighted by Crippen LogP contribution is 2.40. The molecule has 0 aliphatic heterocycles. The van der Waals surface area contributed by atoms with Gasteiger partial charge >= 0.3 is 5.97 Å². The minimum atomic E-state index is -3.62. The Bertz CT molecular complexity index is 590. The van der Waals surface area contributed by atoms with Crippen molar-refractivity contribution in [2.75, 3.05) is 13.6 Å². The van der Waals surface area contributed by atoms with Gasteiger partial charge in [0, 0.05) is 13.6 Å². The normalized spacial score (nSPS) is 17.1. The van der Waals surface area contributed by atoms with Crippen molar-refractivity contribution >= 4 is 16.0 Å². The van der Waals surface area contributed by atoms with E-state index in [1.807, 2.05) is 12.1 Å². The van der Waals surface area contributed by atoms with Crippen molar-refractivity contribution in [3.63, 3.8) is 0 Å². The molecule has 1 N–H and O–H groups in total. The summed E-state index contributed by atoms with van der Waals surface area (Å²) >= 11 is 0. The van der Waals surface area contributed by atoms with E-state index in [-0.39, 0.29) is 11.4 Å². The van der Waals surface area contributed by atoms with E-state index in [1.54, 1.807) is 12.1 Å². The molecule has 0 aromatic heterocycles. The number of carbonyl (C=O) groups is 1. The number of carboxylic acid groups (broad SMARTS) is 1. The summed E-state index contributed by atoms with van der Waals surface area (Å²) in [5.41, 5.74) is 1.17. The maximum Gasteiger partial charge on any atom is 0.307 e. The summed E-state index contributed by atoms with van der Waals surface area (Å²) < 4.78 is 25.7. The minimum absolute atomic E-state index is 0.0396. The highest BCUT2D eigenvalue weighted by Gasteiger charge is 2.26. The number of benzene rings is 1. The monoisotopic (exact) mass is 297 g/mol. The average Bonchev–Trinajstić information content (AvgIpc) is 3.22. The van der Waals surface area contributed by atoms with Gasteiger partial charge in [0.15, 0.2) is 0 Å². The van der Waals surface area contributed by atoms with Crippen LogP contribution >= 0.6 is 0 Å². The molecule has 1 aliphatic carbocycles. The van der Waals surface area contributed by atoms with Crippen LogP contribution in [0, 0.1) is 5.92 Å². The maximum absolute atomic E-state index is 12.3. The first-order valence-electron chi connectivity index (χ1n) is 6.61. The summed E-state index contributed by atoms with van der Waals surface area (Å²) in [6, 6.07) is 6.90. The summed E-state index contributed by atoms with van der Waals surface area (Å²) in [6.07, 6.45) is 2.34. The number of hydrogen-bond acceptors (Lipinski definition) is 3. The molecule has 2 rings (SSSR count). The molecule has 0 bridgehead atoms. The van der Waals surface area contributed by atoms with Crippen molar-refractivity contribution < 1.29 is 18.3 Å². The first kappa shape index (κ1) is 15.0. The maximum atomic E-state index is 12.3. The molecule has 1 aromatic carbocycles. The van der Waals surface area contributed by atoms with Crippen molar-refractivity contribution in [3.05, 3.63) is 29.8 Å². The Balaban J connectivity index is 2.14. The van der Waals surface area contributed by atoms with E-state index in [0.29, 0.717) is 5.92 Å². The van der Waals surface area contributed by atoms with Gasteiger partial charge in [-0.25, -0.2) is 12.7 Å². The topological polar surface area (TPSA) is 74.7 Å². The van der Waals surface area contributed by atoms with E-state index >= 15 is 0 Å². The van der Waals surface area contributed by atoms with Crippen LogP contribution in [0.3, 0.4) is 0 Å². The lowest BCUT2D eigenvalue weighted by Crippen LogP contribution is -2.33. The molecule has 110 valence electrons. The van der Waals surface area contributed by atoms with Gasteiger partial charge in [-0.2, -0.15) is 0 Å². The van der Waals surface area contributed by atoms with Crippen LogP contribution in [-0.4, -0.2) is 37.4 Å². The number of nitrogens with zero attached hydrogens (tertiary/aromatic N) is 1. The molecule has 1 aromatic rings. The molecule has 5 nitrogen and oxygen atoms in total. The molecule has 0 radical (unpaired) electrons. The molecule has 0 amide bonds. The van der Waals surface area contributed by atoms with Gasteiger partial charge in [-0.1, -0.05) is 19.1 Å². The van der Waals surface area contributed by atoms with Crippen LogP contribution in [0.5, 0.6) is 0 Å². The molecule has 1 saturated carbocycles. The second-order valence-corrected chi connectivity index (χ2v) is 7.41. The summed E-state index contributed by atoms with van der Waals surface area (Å²) in [5.74, 6) is -1.16. The molecular weight excluding hydrogens is 278 g/mol. The van der Waals surface area contributed by atoms with Crippen LogP contribution in [0.4, 0.5) is 0 Å². The van der Waals surface area contributed by atoms with E-state index < -0.39 is 21.9 Å². The summed E-state index contributed by atoms with van der Waals surface area (Å²) in [7, 11) is -2.21. The lowest BCUT2D eigenvalue weighted by Gasteiger charge is -2.19. The SMILES string of the molecule is CC(CN(C)S(=O)(=O)c1ccc(C2CC2)cc1)C(=O)O. The van der Waals surface area contributed by atoms with Gasteiger partial charge in [0.2, 0.25) is 10.0 Å². The molecule has 1 atom stereocenters. The van der Waals surface area contributed by atoms with Crippen molar-refractivity contribution in [3.8, 4) is 0 Å². The number of aliphatic carboxylic acids is 1. The smallest absolute Gasteiger partial charge is 0.307 e. The molecule has 1 unspecified atom stereocenters. The predicted molar refractivity (Wildman–Crippen MR) is 75.0 cm³/mol. The van der Waals surface area contributed by atoms with Gasteiger partial charge in [-0.3, -0.25) is 4.79 Å². The molecule has 0 heterocycles. The van der Waals surface area contributed by atoms with Crippen LogP contribution in [0.2, 0.25) is 0 Å². The van der Waals surface area contributed by atoms with Crippen LogP contribution in [0.15, 0.2) is 29.2 Å². The third-order valence-electron chi connectivity index (χ3n) is 3.59. The lowest BCUT2D eigenvalue weighted by atomic mass is 10.1. The number of rotatable bonds is 6. The van der Waals surface area contributed by atoms with E-state index in [9.17, 15) is 13.2 Å². The van der Waals surface area contributed by atoms with Gasteiger partial charge in [-0.15, -0.1) is 0 Å². The Morgan fingerprint density at radius 3 is 2.35 bits per heavy atom. The van der Waals surface area contributed by atoms with Gasteiger partial charge in [0.05, 0.1) is 10.8 Å². The van der Waals surface area contributed by atoms with Crippen molar-refractivity contribution in [1.82, 2.24) is 4.31 Å². The molecule has 0 spiro atoms. The molecule has 1 fully saturated rings. The number of carboxylic acids is 1. The van der Waals surface area contributed by atoms with Crippen molar-refractivity contribution in [2.45, 2.75) is 30.6 Å². The first-order chi connectivity index (χ1) is 9.32. The molecule has 0 saturated heterocycles. The predicted octanol–water partition coefficient (Wildman–Crippen LogP) is 1.91. The number of sulfonamides is 1. The Labute approximate surface area is 119 Å². The van der Waals surface area contributed by atoms with Crippen LogP contribution in [-0.2, 0) is 14.8 Å². The number of hydrogen-bond donors (Lipinski definition) is 1. The second kappa shape index (κ2) is 5.54. The fourth-order valence-electron chi connectivity index (χ4n) is 2.07. The fourth-order valence-corrected chi connectivity index (χ4v) is 3.33. The van der Waals surface area contributed by atoms with E-state index in [0.717, 1.165) is 4.31 Å². The molecule has 1 aliphatic rings. The van der Waals surface area contributed by atoms with Crippen molar-refractivity contribution in [1.29, 1.82) is 0 Å². The third kappa shape index (κ3) is 3.19. The zero-order valence-electron chi connectivity index (χ0n) is 11.6. The zero-order valence-corrected chi connectivity index (χ0v) is 12.4. The van der Waals surface area contributed by atoms with E-state index in [4.69, 9.17) is 5.11 Å². The van der Waals surface area contributed by atoms with Gasteiger partial charge < -0.3 is 5.11 Å². The summed E-state index contributed by atoms with van der Waals surface area (Å²) in [6.45, 7) is 1.45. The second-order valence-electron chi connectivity index (χ2n) is 5.37. The quantitative estimate of drug-likeness (QED) is 0.870. The minimum Gasteiger partial charge on any atom is -0.481 e. The first-order valence-corrected chi connectivity index (χ1v) is 8.05. The Morgan fingerprint density at radius 1 is 1.35 bits per heavy atom. The average molecular weight is 297 g/mol. The van der Waals surface area contributed by atoms with Gasteiger partial charge in [0.25, 0.3) is 0 Å². The molecular formula is C14H19NO4S. The molecule has 20 heavy (non-hydrogen) atoms. The highest BCUT2D eigenvalue weighted by atomic mass is 32.2. The largest absolute Gasteiger partial charge is 0.481 e. The van der Waals surface area contributed by atoms with Crippen LogP contribution in [0.25, 0.3) is 0 Å². The lowest BCUT2D eigenvalue weighted by molar-refractivity contribution is -0.141. The van der Waals surface area contributed by atoms with Gasteiger partial charge in [-0.05, 0) is 36.5 Å². The fraction of sp³-hybridized carbons (Fsp3) is 0.500. The van der Waals surface area contributed by atoms with Crippen LogP contribution < -0.4 is 0 Å². The standard InChI is InChI=1S/C14H19NO4S/c1-10(14(16)17)9-15(2)20(18,19)13-7-5-12(6-8-13)11-3-4-11/h5-8,10-11H,3-4,9H2,1-2H3,(H,16,17). The molecule has 6 heteroatoms. The Hall–Kier alpha value is -1.40. The van der Waals surface area contributed by atoms with Gasteiger partial charge in [0.1, 0.15) is 0 Å². The third-order valence-corrected chi connectivity index (χ3v) is 5.43. The van der Waals surface area contributed by atoms with E-state index in [2.05, 4.69) is 0 Å². The Morgan fingerprint density at radius 2 is 1.90 bits per heavy atom. The van der Waals surface area contributed by atoms with Crippen molar-refractivity contribution in [2.24, 2.45) is 5.92 Å². The zero-order chi connectivity index (χ0) is 14.9. The highest BCUT2D eigenvalue weighted by molar-refractivity contribution is 7.89. The van der Waals surface area contributed by atoms with E-state index in [1.165, 1.54) is 32.4 Å². The summed E-state index contributed by atoms with van der Waals surface area (Å²) in [5, 5.41) is 8.85.